The van der Waals surface area contributed by atoms with Crippen molar-refractivity contribution < 1.29 is 13.2 Å². The largest absolute Gasteiger partial charge is 0.416 e. The van der Waals surface area contributed by atoms with Crippen LogP contribution in [0.2, 0.25) is 0 Å². The molecule has 0 spiro atoms. The van der Waals surface area contributed by atoms with Gasteiger partial charge in [-0.1, -0.05) is 12.8 Å². The van der Waals surface area contributed by atoms with E-state index in [2.05, 4.69) is 10.3 Å². The van der Waals surface area contributed by atoms with Crippen molar-refractivity contribution in [3.05, 3.63) is 29.6 Å². The van der Waals surface area contributed by atoms with Crippen LogP contribution in [-0.4, -0.2) is 11.5 Å². The van der Waals surface area contributed by atoms with E-state index in [4.69, 9.17) is 0 Å². The molecule has 1 fully saturated rings. The molecule has 17 heavy (non-hydrogen) atoms. The molecule has 1 aromatic rings. The van der Waals surface area contributed by atoms with Crippen LogP contribution in [-0.2, 0) is 6.18 Å². The summed E-state index contributed by atoms with van der Waals surface area (Å²) in [6.07, 6.45) is 2.04. The van der Waals surface area contributed by atoms with Gasteiger partial charge in [-0.2, -0.15) is 13.2 Å². The van der Waals surface area contributed by atoms with Crippen LogP contribution < -0.4 is 5.32 Å². The summed E-state index contributed by atoms with van der Waals surface area (Å²) in [5, 5.41) is 3.17. The number of hydrogen-bond acceptors (Lipinski definition) is 2. The number of nitrogens with zero attached hydrogens (tertiary/aromatic N) is 1. The molecular weight excluding hydrogens is 229 g/mol. The van der Waals surface area contributed by atoms with Crippen molar-refractivity contribution in [2.45, 2.75) is 37.9 Å². The van der Waals surface area contributed by atoms with Gasteiger partial charge in [0.05, 0.1) is 5.56 Å². The Balaban J connectivity index is 2.30. The van der Waals surface area contributed by atoms with Crippen LogP contribution in [0, 0.1) is 0 Å². The molecule has 1 aliphatic rings. The van der Waals surface area contributed by atoms with Crippen LogP contribution in [0.15, 0.2) is 18.5 Å². The third-order valence-electron chi connectivity index (χ3n) is 3.09. The molecule has 1 N–H and O–H groups in total. The second kappa shape index (κ2) is 5.04. The maximum Gasteiger partial charge on any atom is 0.416 e. The Morgan fingerprint density at radius 1 is 1.24 bits per heavy atom. The molecular formula is C12H15F3N2. The number of pyridine rings is 1. The Bertz CT molecular complexity index is 368. The minimum atomic E-state index is -4.30. The molecule has 1 unspecified atom stereocenters. The van der Waals surface area contributed by atoms with E-state index >= 15 is 0 Å². The summed E-state index contributed by atoms with van der Waals surface area (Å²) in [6.45, 7) is 0.775. The van der Waals surface area contributed by atoms with Gasteiger partial charge in [0, 0.05) is 18.4 Å². The van der Waals surface area contributed by atoms with E-state index in [1.807, 2.05) is 0 Å². The highest BCUT2D eigenvalue weighted by atomic mass is 19.4. The Hall–Kier alpha value is -1.10. The molecule has 0 amide bonds. The van der Waals surface area contributed by atoms with Gasteiger partial charge >= 0.3 is 6.18 Å². The first kappa shape index (κ1) is 12.4. The number of aromatic nitrogens is 1. The molecule has 1 aromatic heterocycles. The highest BCUT2D eigenvalue weighted by Gasteiger charge is 2.35. The minimum absolute atomic E-state index is 0.220. The lowest BCUT2D eigenvalue weighted by molar-refractivity contribution is -0.138. The zero-order chi connectivity index (χ0) is 12.3. The van der Waals surface area contributed by atoms with Crippen LogP contribution in [0.3, 0.4) is 0 Å². The lowest BCUT2D eigenvalue weighted by Gasteiger charge is -2.20. The monoisotopic (exact) mass is 244 g/mol. The first-order valence-electron chi connectivity index (χ1n) is 5.83. The number of rotatable bonds is 1. The molecule has 1 aliphatic heterocycles. The molecule has 0 saturated carbocycles. The number of hydrogen-bond donors (Lipinski definition) is 1. The van der Waals surface area contributed by atoms with E-state index < -0.39 is 11.7 Å². The Labute approximate surface area is 98.2 Å². The van der Waals surface area contributed by atoms with E-state index in [1.165, 1.54) is 12.4 Å². The highest BCUT2D eigenvalue weighted by molar-refractivity contribution is 5.29. The predicted octanol–water partition coefficient (Wildman–Crippen LogP) is 3.31. The van der Waals surface area contributed by atoms with Gasteiger partial charge in [-0.25, -0.2) is 0 Å². The van der Waals surface area contributed by atoms with Crippen molar-refractivity contribution in [2.75, 3.05) is 6.54 Å². The molecule has 5 heteroatoms. The Kier molecular flexibility index (Phi) is 3.66. The fourth-order valence-corrected chi connectivity index (χ4v) is 2.24. The molecule has 94 valence electrons. The fourth-order valence-electron chi connectivity index (χ4n) is 2.24. The summed E-state index contributed by atoms with van der Waals surface area (Å²) < 4.78 is 38.5. The summed E-state index contributed by atoms with van der Waals surface area (Å²) >= 11 is 0. The normalized spacial score (nSPS) is 22.2. The van der Waals surface area contributed by atoms with Crippen molar-refractivity contribution in [2.24, 2.45) is 0 Å². The highest BCUT2D eigenvalue weighted by Crippen LogP contribution is 2.35. The summed E-state index contributed by atoms with van der Waals surface area (Å²) in [4.78, 5) is 3.82. The number of nitrogens with one attached hydrogen (secondary N) is 1. The fraction of sp³-hybridized carbons (Fsp3) is 0.583. The molecule has 0 aliphatic carbocycles. The lowest BCUT2D eigenvalue weighted by Crippen LogP contribution is -2.23. The first-order chi connectivity index (χ1) is 8.09. The van der Waals surface area contributed by atoms with Crippen LogP contribution >= 0.6 is 0 Å². The minimum Gasteiger partial charge on any atom is -0.310 e. The maximum absolute atomic E-state index is 12.8. The SMILES string of the molecule is FC(F)(F)c1ccncc1C1CCCCCN1. The van der Waals surface area contributed by atoms with Crippen molar-refractivity contribution >= 4 is 0 Å². The first-order valence-corrected chi connectivity index (χ1v) is 5.83. The summed E-state index contributed by atoms with van der Waals surface area (Å²) in [7, 11) is 0. The van der Waals surface area contributed by atoms with Gasteiger partial charge in [-0.05, 0) is 31.0 Å². The van der Waals surface area contributed by atoms with Gasteiger partial charge in [-0.15, -0.1) is 0 Å². The molecule has 2 heterocycles. The Morgan fingerprint density at radius 2 is 2.06 bits per heavy atom. The topological polar surface area (TPSA) is 24.9 Å². The van der Waals surface area contributed by atoms with Gasteiger partial charge in [0.1, 0.15) is 0 Å². The third-order valence-corrected chi connectivity index (χ3v) is 3.09. The van der Waals surface area contributed by atoms with Crippen molar-refractivity contribution in [1.29, 1.82) is 0 Å². The summed E-state index contributed by atoms with van der Waals surface area (Å²) in [5.41, 5.74) is -0.284. The van der Waals surface area contributed by atoms with Gasteiger partial charge < -0.3 is 5.32 Å². The van der Waals surface area contributed by atoms with E-state index in [-0.39, 0.29) is 11.6 Å². The van der Waals surface area contributed by atoms with Gasteiger partial charge in [0.2, 0.25) is 0 Å². The zero-order valence-corrected chi connectivity index (χ0v) is 9.43. The second-order valence-electron chi connectivity index (χ2n) is 4.32. The molecule has 1 atom stereocenters. The molecule has 0 bridgehead atoms. The molecule has 1 saturated heterocycles. The summed E-state index contributed by atoms with van der Waals surface area (Å²) in [6, 6.07) is 0.838. The van der Waals surface area contributed by atoms with Gasteiger partial charge in [0.15, 0.2) is 0 Å². The lowest BCUT2D eigenvalue weighted by atomic mass is 9.99. The smallest absolute Gasteiger partial charge is 0.310 e. The second-order valence-corrected chi connectivity index (χ2v) is 4.32. The molecule has 0 aromatic carbocycles. The molecule has 2 rings (SSSR count). The van der Waals surface area contributed by atoms with Crippen LogP contribution in [0.1, 0.15) is 42.9 Å². The van der Waals surface area contributed by atoms with Crippen LogP contribution in [0.25, 0.3) is 0 Å². The maximum atomic E-state index is 12.8. The van der Waals surface area contributed by atoms with Crippen LogP contribution in [0.4, 0.5) is 13.2 Å². The predicted molar refractivity (Wildman–Crippen MR) is 58.5 cm³/mol. The van der Waals surface area contributed by atoms with E-state index in [1.54, 1.807) is 0 Å². The molecule has 0 radical (unpaired) electrons. The molecule has 2 nitrogen and oxygen atoms in total. The number of alkyl halides is 3. The van der Waals surface area contributed by atoms with E-state index in [0.717, 1.165) is 38.3 Å². The zero-order valence-electron chi connectivity index (χ0n) is 9.43. The number of halogens is 3. The van der Waals surface area contributed by atoms with Crippen molar-refractivity contribution in [3.63, 3.8) is 0 Å². The summed E-state index contributed by atoms with van der Waals surface area (Å²) in [5.74, 6) is 0. The third kappa shape index (κ3) is 2.97. The van der Waals surface area contributed by atoms with Gasteiger partial charge in [0.25, 0.3) is 0 Å². The van der Waals surface area contributed by atoms with Crippen LogP contribution in [0.5, 0.6) is 0 Å². The standard InChI is InChI=1S/C12H15F3N2/c13-12(14,15)10-5-7-16-8-9(10)11-4-2-1-3-6-17-11/h5,7-8,11,17H,1-4,6H2. The van der Waals surface area contributed by atoms with Crippen molar-refractivity contribution in [3.8, 4) is 0 Å². The average molecular weight is 244 g/mol. The van der Waals surface area contributed by atoms with E-state index in [9.17, 15) is 13.2 Å². The van der Waals surface area contributed by atoms with Gasteiger partial charge in [-0.3, -0.25) is 4.98 Å². The van der Waals surface area contributed by atoms with E-state index in [0.29, 0.717) is 0 Å². The quantitative estimate of drug-likeness (QED) is 0.819. The Morgan fingerprint density at radius 3 is 2.82 bits per heavy atom. The van der Waals surface area contributed by atoms with Crippen molar-refractivity contribution in [1.82, 2.24) is 10.3 Å². The average Bonchev–Trinajstić information content (AvgIpc) is 2.56.